The summed E-state index contributed by atoms with van der Waals surface area (Å²) in [5.41, 5.74) is -0.0827. The smallest absolute Gasteiger partial charge is 0.253 e. The molecule has 0 unspecified atom stereocenters. The molecule has 26 heavy (non-hydrogen) atoms. The van der Waals surface area contributed by atoms with E-state index in [0.717, 1.165) is 9.18 Å². The zero-order valence-electron chi connectivity index (χ0n) is 15.4. The Bertz CT molecular complexity index is 886. The monoisotopic (exact) mass is 414 g/mol. The van der Waals surface area contributed by atoms with E-state index >= 15 is 0 Å². The van der Waals surface area contributed by atoms with Crippen molar-refractivity contribution < 1.29 is 13.2 Å². The van der Waals surface area contributed by atoms with Gasteiger partial charge in [0.25, 0.3) is 5.91 Å². The third-order valence-corrected chi connectivity index (χ3v) is 7.01. The summed E-state index contributed by atoms with van der Waals surface area (Å²) in [7, 11) is -0.772. The molecule has 0 saturated heterocycles. The maximum Gasteiger partial charge on any atom is 0.253 e. The first-order valence-corrected chi connectivity index (χ1v) is 10.7. The summed E-state index contributed by atoms with van der Waals surface area (Å²) in [4.78, 5) is 13.9. The lowest BCUT2D eigenvalue weighted by Gasteiger charge is -2.31. The van der Waals surface area contributed by atoms with Crippen molar-refractivity contribution in [1.82, 2.24) is 9.62 Å². The highest BCUT2D eigenvalue weighted by Crippen LogP contribution is 2.35. The van der Waals surface area contributed by atoms with Gasteiger partial charge in [0.05, 0.1) is 21.5 Å². The number of carbonyl (C=O) groups is 1. The minimum Gasteiger partial charge on any atom is -0.344 e. The van der Waals surface area contributed by atoms with Gasteiger partial charge in [0.2, 0.25) is 10.0 Å². The number of hydrogen-bond donors (Lipinski definition) is 1. The first-order valence-electron chi connectivity index (χ1n) is 8.01. The molecule has 0 aliphatic carbocycles. The molecule has 5 nitrogen and oxygen atoms in total. The van der Waals surface area contributed by atoms with Crippen LogP contribution >= 0.6 is 22.9 Å². The topological polar surface area (TPSA) is 66.5 Å². The van der Waals surface area contributed by atoms with Gasteiger partial charge in [-0.15, -0.1) is 11.3 Å². The van der Waals surface area contributed by atoms with Crippen LogP contribution in [0.25, 0.3) is 0 Å². The maximum absolute atomic E-state index is 12.9. The first kappa shape index (κ1) is 20.9. The quantitative estimate of drug-likeness (QED) is 0.798. The van der Waals surface area contributed by atoms with Crippen LogP contribution in [-0.2, 0) is 10.0 Å². The van der Waals surface area contributed by atoms with E-state index in [2.05, 4.69) is 5.32 Å². The predicted octanol–water partition coefficient (Wildman–Crippen LogP) is 4.17. The molecule has 1 aromatic carbocycles. The van der Waals surface area contributed by atoms with Gasteiger partial charge in [-0.3, -0.25) is 4.79 Å². The van der Waals surface area contributed by atoms with Gasteiger partial charge in [-0.05, 0) is 35.1 Å². The fourth-order valence-electron chi connectivity index (χ4n) is 2.43. The number of carbonyl (C=O) groups excluding carboxylic acids is 1. The number of hydrogen-bond acceptors (Lipinski definition) is 4. The molecule has 2 aromatic rings. The van der Waals surface area contributed by atoms with Crippen LogP contribution in [-0.4, -0.2) is 32.7 Å². The summed E-state index contributed by atoms with van der Waals surface area (Å²) in [6.07, 6.45) is 0. The fourth-order valence-corrected chi connectivity index (χ4v) is 4.58. The molecule has 1 aromatic heterocycles. The molecule has 0 radical (unpaired) electrons. The molecule has 0 saturated carbocycles. The third kappa shape index (κ3) is 4.46. The standard InChI is InChI=1S/C18H23ClN2O3S2/c1-18(2,3)16(15-7-6-10-25-15)20-17(22)13-11-12(8-9-14(13)19)26(23,24)21(4)5/h6-11,16H,1-5H3,(H,20,22)/t16-/m0/s1. The van der Waals surface area contributed by atoms with Crippen LogP contribution in [0.2, 0.25) is 5.02 Å². The highest BCUT2D eigenvalue weighted by Gasteiger charge is 2.30. The molecule has 0 aliphatic heterocycles. The van der Waals surface area contributed by atoms with Gasteiger partial charge in [0, 0.05) is 19.0 Å². The van der Waals surface area contributed by atoms with Crippen LogP contribution in [0.4, 0.5) is 0 Å². The lowest BCUT2D eigenvalue weighted by atomic mass is 9.85. The van der Waals surface area contributed by atoms with E-state index in [1.165, 1.54) is 32.3 Å². The second kappa shape index (κ2) is 7.68. The van der Waals surface area contributed by atoms with Gasteiger partial charge in [0.15, 0.2) is 0 Å². The SMILES string of the molecule is CN(C)S(=O)(=O)c1ccc(Cl)c(C(=O)N[C@@H](c2cccs2)C(C)(C)C)c1. The van der Waals surface area contributed by atoms with Crippen molar-refractivity contribution in [2.24, 2.45) is 5.41 Å². The molecule has 2 rings (SSSR count). The van der Waals surface area contributed by atoms with Crippen molar-refractivity contribution in [3.63, 3.8) is 0 Å². The summed E-state index contributed by atoms with van der Waals surface area (Å²) in [6.45, 7) is 6.10. The van der Waals surface area contributed by atoms with Crippen molar-refractivity contribution in [2.75, 3.05) is 14.1 Å². The van der Waals surface area contributed by atoms with Crippen molar-refractivity contribution in [1.29, 1.82) is 0 Å². The number of nitrogens with one attached hydrogen (secondary N) is 1. The van der Waals surface area contributed by atoms with Crippen molar-refractivity contribution in [3.05, 3.63) is 51.2 Å². The van der Waals surface area contributed by atoms with Crippen LogP contribution < -0.4 is 5.32 Å². The number of amides is 1. The van der Waals surface area contributed by atoms with Gasteiger partial charge < -0.3 is 5.32 Å². The van der Waals surface area contributed by atoms with Crippen LogP contribution in [0.5, 0.6) is 0 Å². The Morgan fingerprint density at radius 3 is 2.38 bits per heavy atom. The molecule has 8 heteroatoms. The first-order chi connectivity index (χ1) is 11.9. The van der Waals surface area contributed by atoms with Gasteiger partial charge in [0.1, 0.15) is 0 Å². The average Bonchev–Trinajstić information content (AvgIpc) is 3.05. The van der Waals surface area contributed by atoms with Gasteiger partial charge in [-0.25, -0.2) is 12.7 Å². The van der Waals surface area contributed by atoms with Crippen molar-refractivity contribution >= 4 is 38.9 Å². The molecular formula is C18H23ClN2O3S2. The van der Waals surface area contributed by atoms with Crippen LogP contribution in [0.3, 0.4) is 0 Å². The Morgan fingerprint density at radius 2 is 1.88 bits per heavy atom. The number of thiophene rings is 1. The second-order valence-corrected chi connectivity index (χ2v) is 10.8. The van der Waals surface area contributed by atoms with E-state index in [-0.39, 0.29) is 26.9 Å². The fraction of sp³-hybridized carbons (Fsp3) is 0.389. The van der Waals surface area contributed by atoms with E-state index in [1.807, 2.05) is 38.3 Å². The number of rotatable bonds is 5. The molecule has 1 N–H and O–H groups in total. The zero-order chi connectivity index (χ0) is 19.7. The van der Waals surface area contributed by atoms with Crippen molar-refractivity contribution in [2.45, 2.75) is 31.7 Å². The summed E-state index contributed by atoms with van der Waals surface area (Å²) < 4.78 is 25.8. The summed E-state index contributed by atoms with van der Waals surface area (Å²) in [5, 5.41) is 5.17. The number of sulfonamides is 1. The van der Waals surface area contributed by atoms with Crippen molar-refractivity contribution in [3.8, 4) is 0 Å². The van der Waals surface area contributed by atoms with E-state index in [1.54, 1.807) is 11.3 Å². The second-order valence-electron chi connectivity index (χ2n) is 7.22. The third-order valence-electron chi connectivity index (χ3n) is 3.93. The Morgan fingerprint density at radius 1 is 1.23 bits per heavy atom. The van der Waals surface area contributed by atoms with Crippen LogP contribution in [0.15, 0.2) is 40.6 Å². The lowest BCUT2D eigenvalue weighted by molar-refractivity contribution is 0.0903. The number of halogens is 1. The number of nitrogens with zero attached hydrogens (tertiary/aromatic N) is 1. The molecule has 0 spiro atoms. The van der Waals surface area contributed by atoms with E-state index in [0.29, 0.717) is 0 Å². The average molecular weight is 415 g/mol. The maximum atomic E-state index is 12.9. The van der Waals surface area contributed by atoms with E-state index < -0.39 is 15.9 Å². The minimum atomic E-state index is -3.65. The predicted molar refractivity (Wildman–Crippen MR) is 106 cm³/mol. The largest absolute Gasteiger partial charge is 0.344 e. The van der Waals surface area contributed by atoms with Crippen LogP contribution in [0.1, 0.15) is 42.0 Å². The summed E-state index contributed by atoms with van der Waals surface area (Å²) >= 11 is 7.74. The molecular weight excluding hydrogens is 392 g/mol. The van der Waals surface area contributed by atoms with E-state index in [4.69, 9.17) is 11.6 Å². The normalized spacial score (nSPS) is 13.7. The Labute approximate surface area is 164 Å². The lowest BCUT2D eigenvalue weighted by Crippen LogP contribution is -2.36. The molecule has 0 aliphatic rings. The molecule has 0 fully saturated rings. The molecule has 1 heterocycles. The Balaban J connectivity index is 2.40. The number of benzene rings is 1. The molecule has 1 amide bonds. The van der Waals surface area contributed by atoms with Gasteiger partial charge in [-0.2, -0.15) is 0 Å². The van der Waals surface area contributed by atoms with Crippen LogP contribution in [0, 0.1) is 5.41 Å². The highest BCUT2D eigenvalue weighted by molar-refractivity contribution is 7.89. The Kier molecular flexibility index (Phi) is 6.17. The summed E-state index contributed by atoms with van der Waals surface area (Å²) in [6, 6.07) is 7.83. The zero-order valence-corrected chi connectivity index (χ0v) is 17.8. The van der Waals surface area contributed by atoms with E-state index in [9.17, 15) is 13.2 Å². The molecule has 0 bridgehead atoms. The summed E-state index contributed by atoms with van der Waals surface area (Å²) in [5.74, 6) is -0.404. The Hall–Kier alpha value is -1.41. The van der Waals surface area contributed by atoms with Gasteiger partial charge >= 0.3 is 0 Å². The molecule has 1 atom stereocenters. The highest BCUT2D eigenvalue weighted by atomic mass is 35.5. The van der Waals surface area contributed by atoms with Gasteiger partial charge in [-0.1, -0.05) is 38.4 Å². The minimum absolute atomic E-state index is 0.0282. The molecule has 142 valence electrons.